The molecule has 0 saturated heterocycles. The second-order valence-electron chi connectivity index (χ2n) is 8.70. The standard InChI is InChI=1S/C29H26N2O5S/c1-5-36-23-14-18(10-12-21(23)33)15-24-28(34)31-27(25(17(3)32)16(2)30-29(31)37-24)26-20-9-7-6-8-19(20)11-13-22(26)35-4/h6-15,27,33H,5H2,1-4H3/b24-15-/t27-/m1/s1. The maximum absolute atomic E-state index is 13.9. The topological polar surface area (TPSA) is 90.1 Å². The monoisotopic (exact) mass is 514 g/mol. The summed E-state index contributed by atoms with van der Waals surface area (Å²) in [6, 6.07) is 15.9. The Morgan fingerprint density at radius 1 is 1.16 bits per heavy atom. The number of phenols is 1. The molecule has 0 amide bonds. The van der Waals surface area contributed by atoms with Crippen molar-refractivity contribution in [3.63, 3.8) is 0 Å². The zero-order valence-electron chi connectivity index (χ0n) is 20.9. The predicted molar refractivity (Wildman–Crippen MR) is 144 cm³/mol. The number of rotatable bonds is 6. The molecular formula is C29H26N2O5S. The molecule has 1 N–H and O–H groups in total. The molecule has 1 aliphatic heterocycles. The van der Waals surface area contributed by atoms with E-state index in [1.165, 1.54) is 24.3 Å². The van der Waals surface area contributed by atoms with Crippen molar-refractivity contribution in [2.24, 2.45) is 4.99 Å². The van der Waals surface area contributed by atoms with Gasteiger partial charge in [0.25, 0.3) is 5.56 Å². The highest BCUT2D eigenvalue weighted by molar-refractivity contribution is 7.07. The highest BCUT2D eigenvalue weighted by Crippen LogP contribution is 2.40. The molecule has 3 aromatic carbocycles. The fraction of sp³-hybridized carbons (Fsp3) is 0.207. The number of fused-ring (bicyclic) bond motifs is 2. The van der Waals surface area contributed by atoms with Crippen LogP contribution in [0.5, 0.6) is 17.2 Å². The lowest BCUT2D eigenvalue weighted by molar-refractivity contribution is -0.114. The van der Waals surface area contributed by atoms with Gasteiger partial charge in [0.15, 0.2) is 22.1 Å². The third kappa shape index (κ3) is 4.23. The van der Waals surface area contributed by atoms with Gasteiger partial charge in [-0.1, -0.05) is 47.7 Å². The van der Waals surface area contributed by atoms with E-state index in [1.807, 2.05) is 43.3 Å². The summed E-state index contributed by atoms with van der Waals surface area (Å²) in [6.07, 6.45) is 1.75. The normalized spacial score (nSPS) is 15.5. The number of methoxy groups -OCH3 is 1. The lowest BCUT2D eigenvalue weighted by Crippen LogP contribution is -2.39. The van der Waals surface area contributed by atoms with Gasteiger partial charge in [0.2, 0.25) is 0 Å². The van der Waals surface area contributed by atoms with Crippen LogP contribution in [0.1, 0.15) is 37.9 Å². The molecule has 37 heavy (non-hydrogen) atoms. The number of hydrogen-bond donors (Lipinski definition) is 1. The second-order valence-corrected chi connectivity index (χ2v) is 9.71. The molecule has 1 aliphatic rings. The van der Waals surface area contributed by atoms with E-state index in [-0.39, 0.29) is 17.1 Å². The van der Waals surface area contributed by atoms with Crippen molar-refractivity contribution in [3.8, 4) is 17.2 Å². The van der Waals surface area contributed by atoms with Crippen LogP contribution < -0.4 is 24.4 Å². The average Bonchev–Trinajstić information content (AvgIpc) is 3.18. The van der Waals surface area contributed by atoms with Gasteiger partial charge in [-0.05, 0) is 61.4 Å². The number of aromatic hydroxyl groups is 1. The number of aromatic nitrogens is 1. The number of allylic oxidation sites excluding steroid dienone is 2. The molecule has 0 bridgehead atoms. The van der Waals surface area contributed by atoms with E-state index in [1.54, 1.807) is 36.8 Å². The van der Waals surface area contributed by atoms with Crippen molar-refractivity contribution < 1.29 is 19.4 Å². The quantitative estimate of drug-likeness (QED) is 0.419. The number of thiazole rings is 1. The van der Waals surface area contributed by atoms with Crippen molar-refractivity contribution in [2.75, 3.05) is 13.7 Å². The van der Waals surface area contributed by atoms with Crippen molar-refractivity contribution in [2.45, 2.75) is 26.8 Å². The van der Waals surface area contributed by atoms with Crippen LogP contribution in [0.2, 0.25) is 0 Å². The van der Waals surface area contributed by atoms with E-state index in [0.717, 1.165) is 16.3 Å². The van der Waals surface area contributed by atoms with E-state index in [2.05, 4.69) is 4.99 Å². The first-order valence-corrected chi connectivity index (χ1v) is 12.7. The number of ketones is 1. The molecule has 8 heteroatoms. The number of nitrogens with zero attached hydrogens (tertiary/aromatic N) is 2. The minimum atomic E-state index is -0.698. The Bertz CT molecular complexity index is 1760. The lowest BCUT2D eigenvalue weighted by Gasteiger charge is -2.27. The molecule has 0 unspecified atom stereocenters. The Labute approximate surface area is 217 Å². The summed E-state index contributed by atoms with van der Waals surface area (Å²) in [5.74, 6) is 0.810. The van der Waals surface area contributed by atoms with Crippen LogP contribution in [0.4, 0.5) is 0 Å². The fourth-order valence-corrected chi connectivity index (χ4v) is 5.87. The van der Waals surface area contributed by atoms with Gasteiger partial charge in [-0.2, -0.15) is 0 Å². The van der Waals surface area contributed by atoms with E-state index in [4.69, 9.17) is 9.47 Å². The third-order valence-corrected chi connectivity index (χ3v) is 7.39. The van der Waals surface area contributed by atoms with Gasteiger partial charge in [0, 0.05) is 16.8 Å². The van der Waals surface area contributed by atoms with Crippen LogP contribution in [0.25, 0.3) is 16.8 Å². The molecule has 5 rings (SSSR count). The summed E-state index contributed by atoms with van der Waals surface area (Å²) < 4.78 is 13.3. The number of Topliss-reactive ketones (excluding diaryl/α,β-unsaturated/α-hetero) is 1. The maximum Gasteiger partial charge on any atom is 0.271 e. The molecule has 0 spiro atoms. The minimum absolute atomic E-state index is 0.0326. The molecule has 0 fully saturated rings. The lowest BCUT2D eigenvalue weighted by atomic mass is 9.89. The molecule has 188 valence electrons. The van der Waals surface area contributed by atoms with E-state index >= 15 is 0 Å². The molecule has 2 heterocycles. The predicted octanol–water partition coefficient (Wildman–Crippen LogP) is 4.09. The van der Waals surface area contributed by atoms with Gasteiger partial charge in [0.05, 0.1) is 24.3 Å². The molecule has 0 radical (unpaired) electrons. The van der Waals surface area contributed by atoms with Gasteiger partial charge in [0.1, 0.15) is 5.75 Å². The molecule has 7 nitrogen and oxygen atoms in total. The fourth-order valence-electron chi connectivity index (χ4n) is 4.82. The minimum Gasteiger partial charge on any atom is -0.504 e. The van der Waals surface area contributed by atoms with Crippen molar-refractivity contribution in [1.29, 1.82) is 0 Å². The smallest absolute Gasteiger partial charge is 0.271 e. The van der Waals surface area contributed by atoms with Crippen LogP contribution in [-0.2, 0) is 4.79 Å². The van der Waals surface area contributed by atoms with Crippen molar-refractivity contribution >= 4 is 34.0 Å². The maximum atomic E-state index is 13.9. The van der Waals surface area contributed by atoms with Gasteiger partial charge in [-0.25, -0.2) is 4.99 Å². The average molecular weight is 515 g/mol. The summed E-state index contributed by atoms with van der Waals surface area (Å²) in [7, 11) is 1.59. The number of carbonyl (C=O) groups is 1. The van der Waals surface area contributed by atoms with Crippen LogP contribution in [0, 0.1) is 0 Å². The number of benzene rings is 3. The van der Waals surface area contributed by atoms with E-state index in [0.29, 0.717) is 44.3 Å². The largest absolute Gasteiger partial charge is 0.504 e. The molecule has 1 atom stereocenters. The molecule has 4 aromatic rings. The Hall–Kier alpha value is -4.17. The number of carbonyl (C=O) groups excluding carboxylic acids is 1. The summed E-state index contributed by atoms with van der Waals surface area (Å²) >= 11 is 1.25. The number of hydrogen-bond acceptors (Lipinski definition) is 7. The van der Waals surface area contributed by atoms with Gasteiger partial charge in [-0.3, -0.25) is 14.2 Å². The molecule has 0 aliphatic carbocycles. The SMILES string of the molecule is CCOc1cc(/C=c2\sc3n(c2=O)[C@@H](c2c(OC)ccc4ccccc24)C(C(C)=O)=C(C)N=3)ccc1O. The zero-order chi connectivity index (χ0) is 26.3. The van der Waals surface area contributed by atoms with Gasteiger partial charge >= 0.3 is 0 Å². The van der Waals surface area contributed by atoms with E-state index < -0.39 is 6.04 Å². The second kappa shape index (κ2) is 9.71. The highest BCUT2D eigenvalue weighted by Gasteiger charge is 2.33. The summed E-state index contributed by atoms with van der Waals surface area (Å²) in [4.78, 5) is 32.0. The number of ether oxygens (including phenoxy) is 2. The Balaban J connectivity index is 1.81. The van der Waals surface area contributed by atoms with Gasteiger partial charge in [-0.15, -0.1) is 0 Å². The van der Waals surface area contributed by atoms with Crippen molar-refractivity contribution in [1.82, 2.24) is 4.57 Å². The summed E-state index contributed by atoms with van der Waals surface area (Å²) in [5.41, 5.74) is 2.21. The first-order chi connectivity index (χ1) is 17.8. The number of phenolic OH excluding ortho intramolecular Hbond substituents is 1. The first-order valence-electron chi connectivity index (χ1n) is 11.9. The molecule has 0 saturated carbocycles. The van der Waals surface area contributed by atoms with Crippen LogP contribution in [0.3, 0.4) is 0 Å². The van der Waals surface area contributed by atoms with E-state index in [9.17, 15) is 14.7 Å². The molecular weight excluding hydrogens is 488 g/mol. The first kappa shape index (κ1) is 24.5. The highest BCUT2D eigenvalue weighted by atomic mass is 32.1. The molecule has 1 aromatic heterocycles. The van der Waals surface area contributed by atoms with Crippen molar-refractivity contribution in [3.05, 3.63) is 96.7 Å². The third-order valence-electron chi connectivity index (χ3n) is 6.41. The Morgan fingerprint density at radius 3 is 2.68 bits per heavy atom. The zero-order valence-corrected chi connectivity index (χ0v) is 21.8. The Morgan fingerprint density at radius 2 is 1.95 bits per heavy atom. The van der Waals surface area contributed by atoms with Gasteiger partial charge < -0.3 is 14.6 Å². The Kier molecular flexibility index (Phi) is 6.43. The van der Waals surface area contributed by atoms with Crippen LogP contribution in [0.15, 0.2) is 75.7 Å². The summed E-state index contributed by atoms with van der Waals surface area (Å²) in [5, 5.41) is 11.9. The van der Waals surface area contributed by atoms with Crippen LogP contribution in [-0.4, -0.2) is 29.2 Å². The summed E-state index contributed by atoms with van der Waals surface area (Å²) in [6.45, 7) is 5.53. The van der Waals surface area contributed by atoms with Crippen LogP contribution >= 0.6 is 11.3 Å².